The third-order valence-electron chi connectivity index (χ3n) is 5.34. The van der Waals surface area contributed by atoms with Crippen LogP contribution in [-0.4, -0.2) is 34.5 Å². The predicted octanol–water partition coefficient (Wildman–Crippen LogP) is 3.24. The molecule has 7 nitrogen and oxygen atoms in total. The average Bonchev–Trinajstić information content (AvgIpc) is 3.53. The monoisotopic (exact) mass is 430 g/mol. The van der Waals surface area contributed by atoms with Crippen molar-refractivity contribution in [2.75, 3.05) is 7.11 Å². The molecule has 0 aliphatic heterocycles. The Labute approximate surface area is 187 Å². The molecule has 1 atom stereocenters. The highest BCUT2D eigenvalue weighted by atomic mass is 16.5. The molecule has 0 spiro atoms. The number of imidazole rings is 1. The highest BCUT2D eigenvalue weighted by Gasteiger charge is 2.23. The molecule has 1 saturated carbocycles. The number of hydrogen-bond acceptors (Lipinski definition) is 4. The zero-order valence-corrected chi connectivity index (χ0v) is 18.1. The molecule has 2 N–H and O–H groups in total. The Bertz CT molecular complexity index is 1130. The van der Waals surface area contributed by atoms with Gasteiger partial charge in [0, 0.05) is 37.1 Å². The molecule has 1 aromatic heterocycles. The van der Waals surface area contributed by atoms with E-state index >= 15 is 0 Å². The first-order chi connectivity index (χ1) is 15.5. The number of aryl methyl sites for hydroxylation is 1. The van der Waals surface area contributed by atoms with Crippen LogP contribution >= 0.6 is 0 Å². The molecule has 0 saturated heterocycles. The number of methoxy groups -OCH3 is 1. The van der Waals surface area contributed by atoms with Crippen molar-refractivity contribution < 1.29 is 14.3 Å². The fraction of sp³-hybridized carbons (Fsp3) is 0.240. The maximum Gasteiger partial charge on any atom is 0.251 e. The normalized spacial score (nSPS) is 14.2. The molecule has 1 heterocycles. The van der Waals surface area contributed by atoms with E-state index < -0.39 is 6.04 Å². The molecule has 1 aliphatic rings. The number of carbonyl (C=O) groups is 2. The third-order valence-corrected chi connectivity index (χ3v) is 5.34. The van der Waals surface area contributed by atoms with Gasteiger partial charge in [-0.3, -0.25) is 9.59 Å². The van der Waals surface area contributed by atoms with Gasteiger partial charge in [-0.25, -0.2) is 4.98 Å². The second-order valence-corrected chi connectivity index (χ2v) is 7.82. The van der Waals surface area contributed by atoms with Gasteiger partial charge < -0.3 is 19.9 Å². The van der Waals surface area contributed by atoms with Crippen LogP contribution < -0.4 is 15.4 Å². The van der Waals surface area contributed by atoms with E-state index in [4.69, 9.17) is 4.74 Å². The average molecular weight is 431 g/mol. The Morgan fingerprint density at radius 2 is 1.97 bits per heavy atom. The van der Waals surface area contributed by atoms with Gasteiger partial charge in [0.05, 0.1) is 7.11 Å². The van der Waals surface area contributed by atoms with Crippen molar-refractivity contribution in [3.63, 3.8) is 0 Å². The van der Waals surface area contributed by atoms with E-state index in [1.807, 2.05) is 54.2 Å². The van der Waals surface area contributed by atoms with Crippen LogP contribution in [0.1, 0.15) is 46.2 Å². The Hall–Kier alpha value is -3.87. The summed E-state index contributed by atoms with van der Waals surface area (Å²) in [5.74, 6) is 1.11. The van der Waals surface area contributed by atoms with E-state index in [0.29, 0.717) is 23.2 Å². The van der Waals surface area contributed by atoms with Gasteiger partial charge in [-0.15, -0.1) is 0 Å². The molecule has 32 heavy (non-hydrogen) atoms. The van der Waals surface area contributed by atoms with E-state index in [0.717, 1.165) is 24.0 Å². The fourth-order valence-electron chi connectivity index (χ4n) is 3.38. The second kappa shape index (κ2) is 9.51. The number of ether oxygens (including phenoxy) is 1. The van der Waals surface area contributed by atoms with Crippen LogP contribution in [0.2, 0.25) is 0 Å². The third kappa shape index (κ3) is 5.24. The zero-order chi connectivity index (χ0) is 22.5. The topological polar surface area (TPSA) is 85.2 Å². The van der Waals surface area contributed by atoms with Gasteiger partial charge in [0.25, 0.3) is 5.91 Å². The number of benzene rings is 2. The van der Waals surface area contributed by atoms with Crippen LogP contribution in [0.5, 0.6) is 5.75 Å². The van der Waals surface area contributed by atoms with E-state index in [1.54, 1.807) is 31.5 Å². The van der Waals surface area contributed by atoms with Gasteiger partial charge in [0.2, 0.25) is 5.91 Å². The number of carbonyl (C=O) groups excluding carboxylic acids is 2. The molecule has 7 heteroatoms. The molecule has 0 bridgehead atoms. The summed E-state index contributed by atoms with van der Waals surface area (Å²) in [4.78, 5) is 29.3. The summed E-state index contributed by atoms with van der Waals surface area (Å²) in [6.45, 7) is 0. The molecular weight excluding hydrogens is 404 g/mol. The summed E-state index contributed by atoms with van der Waals surface area (Å²) in [7, 11) is 3.50. The first-order valence-corrected chi connectivity index (χ1v) is 10.5. The van der Waals surface area contributed by atoms with Crippen LogP contribution in [0, 0.1) is 0 Å². The fourth-order valence-corrected chi connectivity index (χ4v) is 3.38. The van der Waals surface area contributed by atoms with Gasteiger partial charge in [0.1, 0.15) is 17.6 Å². The lowest BCUT2D eigenvalue weighted by molar-refractivity contribution is -0.117. The molecule has 0 radical (unpaired) electrons. The van der Waals surface area contributed by atoms with Gasteiger partial charge in [-0.05, 0) is 54.3 Å². The molecule has 164 valence electrons. The lowest BCUT2D eigenvalue weighted by Crippen LogP contribution is -2.29. The smallest absolute Gasteiger partial charge is 0.251 e. The Morgan fingerprint density at radius 1 is 1.19 bits per heavy atom. The molecule has 1 aliphatic carbocycles. The SMILES string of the molecule is COc1cccc(C(NC(=O)/C=C/c2ccc(C(=O)NC3CC3)cc2)c2nccn2C)c1. The van der Waals surface area contributed by atoms with Crippen molar-refractivity contribution in [2.24, 2.45) is 7.05 Å². The molecule has 4 rings (SSSR count). The second-order valence-electron chi connectivity index (χ2n) is 7.82. The maximum atomic E-state index is 12.7. The Balaban J connectivity index is 1.46. The van der Waals surface area contributed by atoms with E-state index in [1.165, 1.54) is 6.08 Å². The van der Waals surface area contributed by atoms with Crippen LogP contribution in [0.15, 0.2) is 67.0 Å². The zero-order valence-electron chi connectivity index (χ0n) is 18.1. The van der Waals surface area contributed by atoms with Crippen molar-refractivity contribution in [2.45, 2.75) is 24.9 Å². The summed E-state index contributed by atoms with van der Waals surface area (Å²) in [6.07, 6.45) is 8.85. The lowest BCUT2D eigenvalue weighted by Gasteiger charge is -2.19. The molecule has 2 amide bonds. The number of nitrogens with zero attached hydrogens (tertiary/aromatic N) is 2. The summed E-state index contributed by atoms with van der Waals surface area (Å²) < 4.78 is 7.21. The quantitative estimate of drug-likeness (QED) is 0.538. The van der Waals surface area contributed by atoms with E-state index in [9.17, 15) is 9.59 Å². The highest BCUT2D eigenvalue weighted by Crippen LogP contribution is 2.24. The lowest BCUT2D eigenvalue weighted by atomic mass is 10.1. The van der Waals surface area contributed by atoms with E-state index in [2.05, 4.69) is 15.6 Å². The number of hydrogen-bond donors (Lipinski definition) is 2. The number of aromatic nitrogens is 2. The Kier molecular flexibility index (Phi) is 6.35. The summed E-state index contributed by atoms with van der Waals surface area (Å²) in [5, 5.41) is 5.99. The molecule has 2 aromatic carbocycles. The van der Waals surface area contributed by atoms with E-state index in [-0.39, 0.29) is 11.8 Å². The van der Waals surface area contributed by atoms with Crippen molar-refractivity contribution in [1.82, 2.24) is 20.2 Å². The van der Waals surface area contributed by atoms with Crippen molar-refractivity contribution in [3.05, 3.63) is 89.5 Å². The summed E-state index contributed by atoms with van der Waals surface area (Å²) in [5.41, 5.74) is 2.32. The minimum Gasteiger partial charge on any atom is -0.497 e. The first kappa shape index (κ1) is 21.4. The van der Waals surface area contributed by atoms with Gasteiger partial charge in [-0.1, -0.05) is 24.3 Å². The van der Waals surface area contributed by atoms with Crippen LogP contribution in [0.25, 0.3) is 6.08 Å². The number of nitrogens with one attached hydrogen (secondary N) is 2. The van der Waals surface area contributed by atoms with Crippen LogP contribution in [0.4, 0.5) is 0 Å². The molecule has 1 unspecified atom stereocenters. The van der Waals surface area contributed by atoms with Crippen LogP contribution in [0.3, 0.4) is 0 Å². The maximum absolute atomic E-state index is 12.7. The Morgan fingerprint density at radius 3 is 2.62 bits per heavy atom. The van der Waals surface area contributed by atoms with Crippen molar-refractivity contribution >= 4 is 17.9 Å². The number of amides is 2. The van der Waals surface area contributed by atoms with Crippen LogP contribution in [-0.2, 0) is 11.8 Å². The standard InChI is InChI=1S/C25H26N4O3/c1-29-15-14-26-24(29)23(19-4-3-5-21(16-19)32-2)28-22(30)13-8-17-6-9-18(10-7-17)25(31)27-20-11-12-20/h3-10,13-16,20,23H,11-12H2,1-2H3,(H,27,31)(H,28,30)/b13-8+. The van der Waals surface area contributed by atoms with Gasteiger partial charge >= 0.3 is 0 Å². The molecule has 1 fully saturated rings. The predicted molar refractivity (Wildman–Crippen MR) is 122 cm³/mol. The van der Waals surface area contributed by atoms with Crippen molar-refractivity contribution in [3.8, 4) is 5.75 Å². The highest BCUT2D eigenvalue weighted by molar-refractivity contribution is 5.95. The van der Waals surface area contributed by atoms with Gasteiger partial charge in [-0.2, -0.15) is 0 Å². The largest absolute Gasteiger partial charge is 0.497 e. The first-order valence-electron chi connectivity index (χ1n) is 10.5. The molecular formula is C25H26N4O3. The summed E-state index contributed by atoms with van der Waals surface area (Å²) >= 11 is 0. The minimum absolute atomic E-state index is 0.0584. The molecule has 3 aromatic rings. The van der Waals surface area contributed by atoms with Crippen molar-refractivity contribution in [1.29, 1.82) is 0 Å². The van der Waals surface area contributed by atoms with Gasteiger partial charge in [0.15, 0.2) is 0 Å². The number of rotatable bonds is 8. The minimum atomic E-state index is -0.434. The summed E-state index contributed by atoms with van der Waals surface area (Å²) in [6, 6.07) is 14.6.